The maximum atomic E-state index is 6.02. The van der Waals surface area contributed by atoms with Gasteiger partial charge >= 0.3 is 0 Å². The smallest absolute Gasteiger partial charge is 0.188 e. The van der Waals surface area contributed by atoms with E-state index in [1.54, 1.807) is 12.1 Å². The van der Waals surface area contributed by atoms with Gasteiger partial charge in [-0.1, -0.05) is 35.3 Å². The van der Waals surface area contributed by atoms with Crippen LogP contribution >= 0.6 is 23.2 Å². The first kappa shape index (κ1) is 9.82. The van der Waals surface area contributed by atoms with Crippen molar-refractivity contribution in [3.05, 3.63) is 46.4 Å². The molecule has 1 heterocycles. The second-order valence-corrected chi connectivity index (χ2v) is 4.21. The summed E-state index contributed by atoms with van der Waals surface area (Å²) in [6.07, 6.45) is 0. The molecule has 2 aromatic rings. The summed E-state index contributed by atoms with van der Waals surface area (Å²) < 4.78 is 11.3. The van der Waals surface area contributed by atoms with Crippen molar-refractivity contribution >= 4 is 23.2 Å². The summed E-state index contributed by atoms with van der Waals surface area (Å²) in [4.78, 5) is 0. The molecule has 80 valence electrons. The van der Waals surface area contributed by atoms with Crippen LogP contribution in [0.3, 0.4) is 0 Å². The third-order valence-electron chi connectivity index (χ3n) is 2.26. The van der Waals surface area contributed by atoms with Gasteiger partial charge in [0.05, 0.1) is 5.02 Å². The first-order valence-corrected chi connectivity index (χ1v) is 5.43. The van der Waals surface area contributed by atoms with Gasteiger partial charge in [-0.3, -0.25) is 0 Å². The van der Waals surface area contributed by atoms with Crippen molar-refractivity contribution in [3.8, 4) is 23.0 Å². The van der Waals surface area contributed by atoms with Gasteiger partial charge in [-0.05, 0) is 18.2 Å². The van der Waals surface area contributed by atoms with Gasteiger partial charge in [0.2, 0.25) is 0 Å². The molecule has 0 amide bonds. The van der Waals surface area contributed by atoms with E-state index < -0.39 is 0 Å². The van der Waals surface area contributed by atoms with Gasteiger partial charge in [0.25, 0.3) is 0 Å². The summed E-state index contributed by atoms with van der Waals surface area (Å²) in [5.41, 5.74) is 0. The molecule has 16 heavy (non-hydrogen) atoms. The summed E-state index contributed by atoms with van der Waals surface area (Å²) >= 11 is 11.9. The molecule has 1 aliphatic heterocycles. The average Bonchev–Trinajstić information content (AvgIpc) is 2.27. The third kappa shape index (κ3) is 1.51. The van der Waals surface area contributed by atoms with Gasteiger partial charge in [0.15, 0.2) is 23.0 Å². The Morgan fingerprint density at radius 3 is 2.38 bits per heavy atom. The quantitative estimate of drug-likeness (QED) is 0.568. The molecule has 0 aliphatic carbocycles. The molecule has 0 spiro atoms. The number of fused-ring (bicyclic) bond motifs is 2. The van der Waals surface area contributed by atoms with E-state index in [-0.39, 0.29) is 0 Å². The third-order valence-corrected chi connectivity index (χ3v) is 2.75. The summed E-state index contributed by atoms with van der Waals surface area (Å²) in [5, 5.41) is 0.962. The zero-order chi connectivity index (χ0) is 11.1. The molecule has 0 saturated carbocycles. The number of ether oxygens (including phenoxy) is 2. The Labute approximate surface area is 102 Å². The average molecular weight is 255 g/mol. The molecule has 0 bridgehead atoms. The van der Waals surface area contributed by atoms with Crippen LogP contribution in [0.4, 0.5) is 0 Å². The lowest BCUT2D eigenvalue weighted by Gasteiger charge is -2.21. The molecule has 2 aromatic carbocycles. The Kier molecular flexibility index (Phi) is 2.20. The van der Waals surface area contributed by atoms with E-state index in [0.717, 1.165) is 0 Å². The van der Waals surface area contributed by atoms with Crippen LogP contribution in [-0.4, -0.2) is 0 Å². The molecule has 0 aromatic heterocycles. The van der Waals surface area contributed by atoms with Crippen molar-refractivity contribution in [1.29, 1.82) is 0 Å². The van der Waals surface area contributed by atoms with Crippen molar-refractivity contribution in [2.75, 3.05) is 0 Å². The molecule has 0 fully saturated rings. The fourth-order valence-corrected chi connectivity index (χ4v) is 2.07. The fourth-order valence-electron chi connectivity index (χ4n) is 1.56. The largest absolute Gasteiger partial charge is 0.449 e. The first-order chi connectivity index (χ1) is 7.74. The SMILES string of the molecule is Clc1cc([37Cl])c2c(c1)Oc1ccccc1O2. The van der Waals surface area contributed by atoms with Gasteiger partial charge in [-0.25, -0.2) is 0 Å². The summed E-state index contributed by atoms with van der Waals surface area (Å²) in [6.45, 7) is 0. The Balaban J connectivity index is 2.15. The van der Waals surface area contributed by atoms with Gasteiger partial charge in [-0.2, -0.15) is 0 Å². The lowest BCUT2D eigenvalue weighted by molar-refractivity contribution is 0.360. The minimum atomic E-state index is 0.442. The highest BCUT2D eigenvalue weighted by Crippen LogP contribution is 2.49. The second-order valence-electron chi connectivity index (χ2n) is 3.37. The van der Waals surface area contributed by atoms with Crippen molar-refractivity contribution in [1.82, 2.24) is 0 Å². The number of benzene rings is 2. The zero-order valence-corrected chi connectivity index (χ0v) is 9.55. The molecular formula is C12H6Cl2O2. The lowest BCUT2D eigenvalue weighted by Crippen LogP contribution is -1.99. The van der Waals surface area contributed by atoms with Crippen LogP contribution < -0.4 is 9.47 Å². The van der Waals surface area contributed by atoms with Crippen molar-refractivity contribution in [2.45, 2.75) is 0 Å². The first-order valence-electron chi connectivity index (χ1n) is 4.68. The highest BCUT2D eigenvalue weighted by Gasteiger charge is 2.21. The number of para-hydroxylation sites is 2. The van der Waals surface area contributed by atoms with E-state index in [4.69, 9.17) is 32.7 Å². The van der Waals surface area contributed by atoms with E-state index in [1.165, 1.54) is 0 Å². The number of hydrogen-bond donors (Lipinski definition) is 0. The predicted octanol–water partition coefficient (Wildman–Crippen LogP) is 4.89. The topological polar surface area (TPSA) is 18.5 Å². The molecule has 0 unspecified atom stereocenters. The number of rotatable bonds is 0. The normalized spacial score (nSPS) is 12.1. The Morgan fingerprint density at radius 1 is 0.938 bits per heavy atom. The second kappa shape index (κ2) is 3.58. The predicted molar refractivity (Wildman–Crippen MR) is 63.1 cm³/mol. The summed E-state index contributed by atoms with van der Waals surface area (Å²) in [5.74, 6) is 2.36. The molecule has 0 atom stereocenters. The molecule has 2 nitrogen and oxygen atoms in total. The number of halogens is 2. The van der Waals surface area contributed by atoms with E-state index >= 15 is 0 Å². The van der Waals surface area contributed by atoms with Crippen LogP contribution in [0.5, 0.6) is 23.0 Å². The van der Waals surface area contributed by atoms with Gasteiger partial charge < -0.3 is 9.47 Å². The fraction of sp³-hybridized carbons (Fsp3) is 0. The van der Waals surface area contributed by atoms with Crippen molar-refractivity contribution in [3.63, 3.8) is 0 Å². The highest BCUT2D eigenvalue weighted by atomic mass is 37.0. The van der Waals surface area contributed by atoms with E-state index in [0.29, 0.717) is 33.0 Å². The maximum Gasteiger partial charge on any atom is 0.188 e. The maximum absolute atomic E-state index is 6.02. The zero-order valence-electron chi connectivity index (χ0n) is 8.04. The van der Waals surface area contributed by atoms with Crippen LogP contribution in [0.25, 0.3) is 0 Å². The molecular weight excluding hydrogens is 249 g/mol. The standard InChI is InChI=1S/C12H6Cl2O2/c13-7-5-8(14)12-11(6-7)15-9-3-1-2-4-10(9)16-12/h1-6H/i14+2. The van der Waals surface area contributed by atoms with Crippen LogP contribution in [-0.2, 0) is 0 Å². The number of hydrogen-bond acceptors (Lipinski definition) is 2. The highest BCUT2D eigenvalue weighted by molar-refractivity contribution is 6.36. The Bertz CT molecular complexity index is 567. The monoisotopic (exact) mass is 254 g/mol. The van der Waals surface area contributed by atoms with Crippen molar-refractivity contribution in [2.24, 2.45) is 0 Å². The molecule has 3 rings (SSSR count). The van der Waals surface area contributed by atoms with Crippen molar-refractivity contribution < 1.29 is 9.47 Å². The van der Waals surface area contributed by atoms with Crippen LogP contribution in [0, 0.1) is 0 Å². The lowest BCUT2D eigenvalue weighted by atomic mass is 10.2. The minimum absolute atomic E-state index is 0.442. The van der Waals surface area contributed by atoms with Gasteiger partial charge in [-0.15, -0.1) is 0 Å². The molecule has 0 radical (unpaired) electrons. The van der Waals surface area contributed by atoms with Gasteiger partial charge in [0, 0.05) is 11.1 Å². The van der Waals surface area contributed by atoms with Crippen LogP contribution in [0.15, 0.2) is 36.4 Å². The molecule has 1 aliphatic rings. The Morgan fingerprint density at radius 2 is 1.62 bits per heavy atom. The molecule has 0 N–H and O–H groups in total. The van der Waals surface area contributed by atoms with Crippen LogP contribution in [0.2, 0.25) is 10.0 Å². The summed E-state index contributed by atoms with van der Waals surface area (Å²) in [6, 6.07) is 10.7. The Hall–Kier alpha value is -1.38. The van der Waals surface area contributed by atoms with E-state index in [9.17, 15) is 0 Å². The van der Waals surface area contributed by atoms with Crippen LogP contribution in [0.1, 0.15) is 0 Å². The van der Waals surface area contributed by atoms with Gasteiger partial charge in [0.1, 0.15) is 0 Å². The summed E-state index contributed by atoms with van der Waals surface area (Å²) in [7, 11) is 0. The van der Waals surface area contributed by atoms with E-state index in [1.807, 2.05) is 24.3 Å². The molecule has 0 saturated heterocycles. The molecule has 4 heteroatoms. The van der Waals surface area contributed by atoms with E-state index in [2.05, 4.69) is 0 Å². The minimum Gasteiger partial charge on any atom is -0.449 e.